The largest absolute Gasteiger partial charge is 0.496 e. The molecule has 1 aromatic carbocycles. The highest BCUT2D eigenvalue weighted by atomic mass is 16.5. The molecule has 18 heavy (non-hydrogen) atoms. The van der Waals surface area contributed by atoms with Gasteiger partial charge in [0.25, 0.3) is 0 Å². The van der Waals surface area contributed by atoms with E-state index in [1.165, 1.54) is 43.2 Å². The molecule has 2 heteroatoms. The van der Waals surface area contributed by atoms with E-state index in [1.807, 2.05) is 0 Å². The first-order valence-corrected chi connectivity index (χ1v) is 7.20. The van der Waals surface area contributed by atoms with Crippen molar-refractivity contribution in [3.63, 3.8) is 0 Å². The highest BCUT2D eigenvalue weighted by Gasteiger charge is 2.42. The van der Waals surface area contributed by atoms with Gasteiger partial charge in [-0.25, -0.2) is 0 Å². The second-order valence-corrected chi connectivity index (χ2v) is 5.95. The molecule has 0 radical (unpaired) electrons. The summed E-state index contributed by atoms with van der Waals surface area (Å²) in [6, 6.07) is 6.68. The molecule has 3 rings (SSSR count). The van der Waals surface area contributed by atoms with Gasteiger partial charge in [0, 0.05) is 11.1 Å². The molecule has 2 aliphatic carbocycles. The molecule has 0 bridgehead atoms. The Morgan fingerprint density at radius 2 is 1.89 bits per heavy atom. The van der Waals surface area contributed by atoms with E-state index >= 15 is 0 Å². The Bertz CT molecular complexity index is 431. The second kappa shape index (κ2) is 4.58. The van der Waals surface area contributed by atoms with Crippen LogP contribution >= 0.6 is 0 Å². The number of hydrogen-bond donors (Lipinski definition) is 1. The molecule has 2 nitrogen and oxygen atoms in total. The number of hydrogen-bond acceptors (Lipinski definition) is 2. The lowest BCUT2D eigenvalue weighted by molar-refractivity contribution is 0.402. The average Bonchev–Trinajstić information content (AvgIpc) is 3.18. The summed E-state index contributed by atoms with van der Waals surface area (Å²) >= 11 is 0. The number of methoxy groups -OCH3 is 1. The maximum Gasteiger partial charge on any atom is 0.123 e. The quantitative estimate of drug-likeness (QED) is 0.881. The van der Waals surface area contributed by atoms with Crippen LogP contribution in [0.1, 0.15) is 62.0 Å². The molecule has 0 spiro atoms. The Morgan fingerprint density at radius 3 is 2.50 bits per heavy atom. The molecular formula is C16H23NO. The van der Waals surface area contributed by atoms with E-state index in [1.54, 1.807) is 7.11 Å². The predicted octanol–water partition coefficient (Wildman–Crippen LogP) is 3.69. The van der Waals surface area contributed by atoms with Gasteiger partial charge >= 0.3 is 0 Å². The van der Waals surface area contributed by atoms with Crippen LogP contribution in [0.2, 0.25) is 0 Å². The molecule has 0 saturated heterocycles. The van der Waals surface area contributed by atoms with Gasteiger partial charge in [0.05, 0.1) is 7.11 Å². The predicted molar refractivity (Wildman–Crippen MR) is 73.9 cm³/mol. The molecule has 0 aromatic heterocycles. The molecule has 0 heterocycles. The van der Waals surface area contributed by atoms with Crippen molar-refractivity contribution < 1.29 is 4.74 Å². The highest BCUT2D eigenvalue weighted by molar-refractivity contribution is 5.45. The van der Waals surface area contributed by atoms with Gasteiger partial charge in [-0.1, -0.05) is 25.3 Å². The monoisotopic (exact) mass is 245 g/mol. The van der Waals surface area contributed by atoms with Crippen molar-refractivity contribution in [2.24, 2.45) is 5.73 Å². The molecule has 0 aliphatic heterocycles. The minimum absolute atomic E-state index is 0.101. The fourth-order valence-corrected chi connectivity index (χ4v) is 3.21. The molecule has 2 aliphatic rings. The van der Waals surface area contributed by atoms with E-state index < -0.39 is 0 Å². The van der Waals surface area contributed by atoms with E-state index in [4.69, 9.17) is 10.5 Å². The molecule has 0 unspecified atom stereocenters. The minimum atomic E-state index is -0.101. The zero-order valence-corrected chi connectivity index (χ0v) is 11.2. The van der Waals surface area contributed by atoms with Crippen molar-refractivity contribution >= 4 is 0 Å². The number of nitrogens with two attached hydrogens (primary N) is 1. The summed E-state index contributed by atoms with van der Waals surface area (Å²) in [4.78, 5) is 0. The smallest absolute Gasteiger partial charge is 0.123 e. The van der Waals surface area contributed by atoms with Gasteiger partial charge in [-0.2, -0.15) is 0 Å². The molecule has 2 N–H and O–H groups in total. The van der Waals surface area contributed by atoms with Crippen LogP contribution in [-0.4, -0.2) is 7.11 Å². The molecule has 1 aromatic rings. The summed E-state index contributed by atoms with van der Waals surface area (Å²) in [5.41, 5.74) is 8.97. The molecule has 2 saturated carbocycles. The zero-order chi connectivity index (χ0) is 12.6. The number of rotatable bonds is 3. The van der Waals surface area contributed by atoms with Crippen molar-refractivity contribution in [1.82, 2.24) is 0 Å². The van der Waals surface area contributed by atoms with Gasteiger partial charge in [0.15, 0.2) is 0 Å². The van der Waals surface area contributed by atoms with Crippen LogP contribution in [0, 0.1) is 0 Å². The van der Waals surface area contributed by atoms with Crippen molar-refractivity contribution in [3.8, 4) is 5.75 Å². The van der Waals surface area contributed by atoms with Gasteiger partial charge in [-0.3, -0.25) is 0 Å². The van der Waals surface area contributed by atoms with Crippen molar-refractivity contribution in [1.29, 1.82) is 0 Å². The van der Waals surface area contributed by atoms with Crippen LogP contribution in [0.15, 0.2) is 18.2 Å². The van der Waals surface area contributed by atoms with E-state index in [9.17, 15) is 0 Å². The van der Waals surface area contributed by atoms with Gasteiger partial charge in [0.1, 0.15) is 5.75 Å². The lowest BCUT2D eigenvalue weighted by Crippen LogP contribution is -2.20. The second-order valence-electron chi connectivity index (χ2n) is 5.95. The van der Waals surface area contributed by atoms with Crippen LogP contribution in [0.25, 0.3) is 0 Å². The SMILES string of the molecule is COc1ccc(C2CCCCC2)cc1C1(N)CC1. The number of ether oxygens (including phenoxy) is 1. The Labute approximate surface area is 110 Å². The Balaban J connectivity index is 1.91. The normalized spacial score (nSPS) is 22.8. The fraction of sp³-hybridized carbons (Fsp3) is 0.625. The Kier molecular flexibility index (Phi) is 3.06. The van der Waals surface area contributed by atoms with Crippen LogP contribution < -0.4 is 10.5 Å². The lowest BCUT2D eigenvalue weighted by Gasteiger charge is -2.24. The van der Waals surface area contributed by atoms with Crippen molar-refractivity contribution in [3.05, 3.63) is 29.3 Å². The standard InChI is InChI=1S/C16H23NO/c1-18-15-8-7-13(12-5-3-2-4-6-12)11-14(15)16(17)9-10-16/h7-8,11-12H,2-6,9-10,17H2,1H3. The fourth-order valence-electron chi connectivity index (χ4n) is 3.21. The summed E-state index contributed by atoms with van der Waals surface area (Å²) in [5.74, 6) is 1.71. The van der Waals surface area contributed by atoms with E-state index in [0.717, 1.165) is 24.5 Å². The van der Waals surface area contributed by atoms with Crippen LogP contribution in [0.5, 0.6) is 5.75 Å². The third kappa shape index (κ3) is 2.14. The summed E-state index contributed by atoms with van der Waals surface area (Å²) in [6.07, 6.45) is 9.02. The summed E-state index contributed by atoms with van der Waals surface area (Å²) < 4.78 is 5.47. The van der Waals surface area contributed by atoms with Crippen LogP contribution in [-0.2, 0) is 5.54 Å². The topological polar surface area (TPSA) is 35.2 Å². The Morgan fingerprint density at radius 1 is 1.17 bits per heavy atom. The molecule has 98 valence electrons. The van der Waals surface area contributed by atoms with E-state index in [0.29, 0.717) is 0 Å². The molecular weight excluding hydrogens is 222 g/mol. The highest BCUT2D eigenvalue weighted by Crippen LogP contribution is 2.47. The minimum Gasteiger partial charge on any atom is -0.496 e. The lowest BCUT2D eigenvalue weighted by atomic mass is 9.83. The average molecular weight is 245 g/mol. The third-order valence-corrected chi connectivity index (χ3v) is 4.63. The summed E-state index contributed by atoms with van der Waals surface area (Å²) in [7, 11) is 1.74. The maximum absolute atomic E-state index is 6.36. The Hall–Kier alpha value is -1.02. The van der Waals surface area contributed by atoms with Crippen LogP contribution in [0.4, 0.5) is 0 Å². The van der Waals surface area contributed by atoms with E-state index in [-0.39, 0.29) is 5.54 Å². The van der Waals surface area contributed by atoms with Gasteiger partial charge in [-0.05, 0) is 49.3 Å². The molecule has 2 fully saturated rings. The first-order chi connectivity index (χ1) is 8.73. The van der Waals surface area contributed by atoms with Gasteiger partial charge in [-0.15, -0.1) is 0 Å². The van der Waals surface area contributed by atoms with Crippen LogP contribution in [0.3, 0.4) is 0 Å². The summed E-state index contributed by atoms with van der Waals surface area (Å²) in [6.45, 7) is 0. The van der Waals surface area contributed by atoms with Crippen molar-refractivity contribution in [2.75, 3.05) is 7.11 Å². The third-order valence-electron chi connectivity index (χ3n) is 4.63. The first-order valence-electron chi connectivity index (χ1n) is 7.20. The van der Waals surface area contributed by atoms with Gasteiger partial charge < -0.3 is 10.5 Å². The zero-order valence-electron chi connectivity index (χ0n) is 11.2. The molecule has 0 amide bonds. The maximum atomic E-state index is 6.36. The van der Waals surface area contributed by atoms with E-state index in [2.05, 4.69) is 18.2 Å². The van der Waals surface area contributed by atoms with Crippen molar-refractivity contribution in [2.45, 2.75) is 56.4 Å². The van der Waals surface area contributed by atoms with Gasteiger partial charge in [0.2, 0.25) is 0 Å². The summed E-state index contributed by atoms with van der Waals surface area (Å²) in [5, 5.41) is 0. The first kappa shape index (κ1) is 12.0. The number of benzene rings is 1. The molecule has 0 atom stereocenters.